The van der Waals surface area contributed by atoms with Crippen LogP contribution in [0.4, 0.5) is 4.79 Å². The zero-order chi connectivity index (χ0) is 14.5. The minimum absolute atomic E-state index is 0.366. The molecule has 0 heterocycles. The predicted molar refractivity (Wildman–Crippen MR) is 75.0 cm³/mol. The number of aliphatic hydroxyl groups is 1. The van der Waals surface area contributed by atoms with Crippen molar-refractivity contribution in [3.05, 3.63) is 35.9 Å². The van der Waals surface area contributed by atoms with Gasteiger partial charge in [-0.05, 0) is 33.3 Å². The molecule has 106 valence electrons. The first-order valence-electron chi connectivity index (χ1n) is 6.49. The highest BCUT2D eigenvalue weighted by atomic mass is 16.6. The van der Waals surface area contributed by atoms with Gasteiger partial charge in [-0.1, -0.05) is 30.3 Å². The second kappa shape index (κ2) is 6.57. The smallest absolute Gasteiger partial charge is 0.407 e. The van der Waals surface area contributed by atoms with Gasteiger partial charge in [-0.2, -0.15) is 0 Å². The summed E-state index contributed by atoms with van der Waals surface area (Å²) >= 11 is 0. The molecule has 2 N–H and O–H groups in total. The first kappa shape index (κ1) is 15.5. The second-order valence-electron chi connectivity index (χ2n) is 5.69. The minimum Gasteiger partial charge on any atom is -0.444 e. The Bertz CT molecular complexity index is 398. The summed E-state index contributed by atoms with van der Waals surface area (Å²) in [7, 11) is 0. The summed E-state index contributed by atoms with van der Waals surface area (Å²) in [4.78, 5) is 11.6. The molecule has 1 aromatic rings. The molecular formula is C15H23NO3. The number of hydrogen-bond acceptors (Lipinski definition) is 3. The van der Waals surface area contributed by atoms with E-state index in [4.69, 9.17) is 4.74 Å². The van der Waals surface area contributed by atoms with E-state index in [1.807, 2.05) is 30.3 Å². The van der Waals surface area contributed by atoms with Crippen LogP contribution in [0, 0.1) is 0 Å². The van der Waals surface area contributed by atoms with E-state index in [2.05, 4.69) is 5.32 Å². The number of aliphatic hydroxyl groups excluding tert-OH is 1. The van der Waals surface area contributed by atoms with Crippen molar-refractivity contribution in [3.63, 3.8) is 0 Å². The predicted octanol–water partition coefficient (Wildman–Crippen LogP) is 2.50. The lowest BCUT2D eigenvalue weighted by Crippen LogP contribution is -2.44. The van der Waals surface area contributed by atoms with Gasteiger partial charge in [0.25, 0.3) is 0 Å². The summed E-state index contributed by atoms with van der Waals surface area (Å²) in [6, 6.07) is 9.31. The van der Waals surface area contributed by atoms with Gasteiger partial charge in [0.05, 0.1) is 12.1 Å². The molecular weight excluding hydrogens is 242 g/mol. The molecule has 0 aliphatic rings. The molecule has 1 amide bonds. The minimum atomic E-state index is -0.644. The largest absolute Gasteiger partial charge is 0.444 e. The van der Waals surface area contributed by atoms with Gasteiger partial charge in [0.1, 0.15) is 5.60 Å². The standard InChI is InChI=1S/C15H23NO3/c1-11(16-14(18)19-15(2,3)4)13(17)10-12-8-6-5-7-9-12/h5-9,11,13,17H,10H2,1-4H3,(H,16,18)/t11-,13+/m0/s1. The zero-order valence-corrected chi connectivity index (χ0v) is 12.0. The number of rotatable bonds is 4. The number of carbonyl (C=O) groups is 1. The Morgan fingerprint density at radius 1 is 1.32 bits per heavy atom. The summed E-state index contributed by atoms with van der Waals surface area (Å²) in [5.74, 6) is 0. The highest BCUT2D eigenvalue weighted by Gasteiger charge is 2.21. The van der Waals surface area contributed by atoms with Gasteiger partial charge in [0.2, 0.25) is 0 Å². The van der Waals surface area contributed by atoms with Crippen molar-refractivity contribution in [2.24, 2.45) is 0 Å². The van der Waals surface area contributed by atoms with E-state index in [9.17, 15) is 9.90 Å². The summed E-state index contributed by atoms with van der Waals surface area (Å²) in [5, 5.41) is 12.7. The van der Waals surface area contributed by atoms with E-state index in [1.54, 1.807) is 27.7 Å². The van der Waals surface area contributed by atoms with Crippen molar-refractivity contribution in [1.82, 2.24) is 5.32 Å². The summed E-state index contributed by atoms with van der Waals surface area (Å²) in [6.45, 7) is 7.17. The van der Waals surface area contributed by atoms with Crippen molar-refractivity contribution in [2.75, 3.05) is 0 Å². The van der Waals surface area contributed by atoms with Gasteiger partial charge in [0.15, 0.2) is 0 Å². The molecule has 0 radical (unpaired) electrons. The fourth-order valence-corrected chi connectivity index (χ4v) is 1.62. The molecule has 0 saturated carbocycles. The molecule has 0 fully saturated rings. The van der Waals surface area contributed by atoms with Crippen molar-refractivity contribution >= 4 is 6.09 Å². The quantitative estimate of drug-likeness (QED) is 0.879. The van der Waals surface area contributed by atoms with Crippen molar-refractivity contribution in [1.29, 1.82) is 0 Å². The lowest BCUT2D eigenvalue weighted by molar-refractivity contribution is 0.0436. The second-order valence-corrected chi connectivity index (χ2v) is 5.69. The Kier molecular flexibility index (Phi) is 5.36. The van der Waals surface area contributed by atoms with Gasteiger partial charge in [-0.25, -0.2) is 4.79 Å². The maximum atomic E-state index is 11.6. The Morgan fingerprint density at radius 2 is 1.89 bits per heavy atom. The molecule has 1 aromatic carbocycles. The number of carbonyl (C=O) groups excluding carboxylic acids is 1. The van der Waals surface area contributed by atoms with E-state index < -0.39 is 17.8 Å². The van der Waals surface area contributed by atoms with Crippen molar-refractivity contribution in [2.45, 2.75) is 51.9 Å². The highest BCUT2D eigenvalue weighted by Crippen LogP contribution is 2.09. The maximum Gasteiger partial charge on any atom is 0.407 e. The molecule has 0 aliphatic carbocycles. The van der Waals surface area contributed by atoms with Crippen LogP contribution in [0.15, 0.2) is 30.3 Å². The Labute approximate surface area is 114 Å². The van der Waals surface area contributed by atoms with Crippen LogP contribution in [0.3, 0.4) is 0 Å². The van der Waals surface area contributed by atoms with E-state index in [1.165, 1.54) is 0 Å². The molecule has 0 aliphatic heterocycles. The Hall–Kier alpha value is -1.55. The number of benzene rings is 1. The van der Waals surface area contributed by atoms with E-state index >= 15 is 0 Å². The van der Waals surface area contributed by atoms with Gasteiger partial charge in [-0.3, -0.25) is 0 Å². The summed E-state index contributed by atoms with van der Waals surface area (Å²) < 4.78 is 5.15. The molecule has 0 unspecified atom stereocenters. The van der Waals surface area contributed by atoms with Crippen LogP contribution in [0.25, 0.3) is 0 Å². The third-order valence-electron chi connectivity index (χ3n) is 2.61. The van der Waals surface area contributed by atoms with Crippen LogP contribution in [0.1, 0.15) is 33.3 Å². The molecule has 1 rings (SSSR count). The van der Waals surface area contributed by atoms with E-state index in [0.29, 0.717) is 6.42 Å². The van der Waals surface area contributed by atoms with Crippen molar-refractivity contribution < 1.29 is 14.6 Å². The molecule has 2 atom stereocenters. The molecule has 0 aromatic heterocycles. The van der Waals surface area contributed by atoms with Crippen LogP contribution in [-0.4, -0.2) is 28.9 Å². The van der Waals surface area contributed by atoms with Crippen LogP contribution >= 0.6 is 0 Å². The summed E-state index contributed by atoms with van der Waals surface area (Å²) in [6.07, 6.45) is -0.653. The average Bonchev–Trinajstić information content (AvgIpc) is 2.27. The molecule has 4 nitrogen and oxygen atoms in total. The number of alkyl carbamates (subject to hydrolysis) is 1. The lowest BCUT2D eigenvalue weighted by atomic mass is 10.0. The van der Waals surface area contributed by atoms with Gasteiger partial charge >= 0.3 is 6.09 Å². The van der Waals surface area contributed by atoms with Crippen molar-refractivity contribution in [3.8, 4) is 0 Å². The molecule has 0 saturated heterocycles. The third kappa shape index (κ3) is 6.25. The monoisotopic (exact) mass is 265 g/mol. The van der Waals surface area contributed by atoms with Crippen LogP contribution in [-0.2, 0) is 11.2 Å². The van der Waals surface area contributed by atoms with Crippen LogP contribution < -0.4 is 5.32 Å². The Balaban J connectivity index is 2.45. The molecule has 19 heavy (non-hydrogen) atoms. The highest BCUT2D eigenvalue weighted by molar-refractivity contribution is 5.68. The molecule has 0 bridgehead atoms. The average molecular weight is 265 g/mol. The fraction of sp³-hybridized carbons (Fsp3) is 0.533. The SMILES string of the molecule is C[C@H](NC(=O)OC(C)(C)C)[C@H](O)Cc1ccccc1. The van der Waals surface area contributed by atoms with Crippen LogP contribution in [0.5, 0.6) is 0 Å². The van der Waals surface area contributed by atoms with Gasteiger partial charge in [0, 0.05) is 6.42 Å². The molecule has 4 heteroatoms. The molecule has 0 spiro atoms. The van der Waals surface area contributed by atoms with Gasteiger partial charge in [-0.15, -0.1) is 0 Å². The Morgan fingerprint density at radius 3 is 2.42 bits per heavy atom. The lowest BCUT2D eigenvalue weighted by Gasteiger charge is -2.24. The first-order chi connectivity index (χ1) is 8.78. The number of amides is 1. The number of ether oxygens (including phenoxy) is 1. The first-order valence-corrected chi connectivity index (χ1v) is 6.49. The van der Waals surface area contributed by atoms with E-state index in [0.717, 1.165) is 5.56 Å². The normalized spacial score (nSPS) is 14.6. The zero-order valence-electron chi connectivity index (χ0n) is 12.0. The third-order valence-corrected chi connectivity index (χ3v) is 2.61. The fourth-order valence-electron chi connectivity index (χ4n) is 1.62. The van der Waals surface area contributed by atoms with E-state index in [-0.39, 0.29) is 6.04 Å². The maximum absolute atomic E-state index is 11.6. The van der Waals surface area contributed by atoms with Gasteiger partial charge < -0.3 is 15.2 Å². The van der Waals surface area contributed by atoms with Crippen LogP contribution in [0.2, 0.25) is 0 Å². The topological polar surface area (TPSA) is 58.6 Å². The number of nitrogens with one attached hydrogen (secondary N) is 1. The number of hydrogen-bond donors (Lipinski definition) is 2. The summed E-state index contributed by atoms with van der Waals surface area (Å²) in [5.41, 5.74) is 0.501.